The highest BCUT2D eigenvalue weighted by Gasteiger charge is 2.28. The second-order valence-corrected chi connectivity index (χ2v) is 10.2. The van der Waals surface area contributed by atoms with Crippen molar-refractivity contribution < 1.29 is 23.8 Å². The Morgan fingerprint density at radius 1 is 1.26 bits per heavy atom. The first-order chi connectivity index (χ1) is 18.2. The molecule has 1 fully saturated rings. The van der Waals surface area contributed by atoms with Crippen LogP contribution in [0, 0.1) is 5.82 Å². The van der Waals surface area contributed by atoms with Gasteiger partial charge in [0, 0.05) is 62.5 Å². The summed E-state index contributed by atoms with van der Waals surface area (Å²) in [5.41, 5.74) is 2.16. The van der Waals surface area contributed by atoms with Crippen molar-refractivity contribution in [1.82, 2.24) is 24.3 Å². The molecule has 3 aromatic rings. The fourth-order valence-corrected chi connectivity index (χ4v) is 5.00. The number of hydrogen-bond acceptors (Lipinski definition) is 6. The molecule has 0 aliphatic carbocycles. The number of benzene rings is 1. The zero-order valence-electron chi connectivity index (χ0n) is 21.9. The Kier molecular flexibility index (Phi) is 8.83. The maximum atomic E-state index is 15.2. The number of hydrogen-bond donors (Lipinski definition) is 1. The van der Waals surface area contributed by atoms with Crippen LogP contribution in [0.15, 0.2) is 30.7 Å². The molecule has 38 heavy (non-hydrogen) atoms. The van der Waals surface area contributed by atoms with Gasteiger partial charge in [0.1, 0.15) is 12.0 Å². The summed E-state index contributed by atoms with van der Waals surface area (Å²) >= 11 is 6.53. The third-order valence-electron chi connectivity index (χ3n) is 6.75. The zero-order valence-corrected chi connectivity index (χ0v) is 22.6. The molecule has 0 saturated carbocycles. The summed E-state index contributed by atoms with van der Waals surface area (Å²) in [6.45, 7) is 5.12. The molecule has 1 saturated heterocycles. The van der Waals surface area contributed by atoms with Crippen LogP contribution in [-0.2, 0) is 11.2 Å². The molecule has 204 valence electrons. The molecule has 1 aliphatic heterocycles. The maximum absolute atomic E-state index is 15.2. The van der Waals surface area contributed by atoms with Gasteiger partial charge in [-0.3, -0.25) is 4.79 Å². The van der Waals surface area contributed by atoms with Crippen molar-refractivity contribution in [1.29, 1.82) is 0 Å². The van der Waals surface area contributed by atoms with Gasteiger partial charge < -0.3 is 24.2 Å². The van der Waals surface area contributed by atoms with Crippen LogP contribution in [0.5, 0.6) is 0 Å². The molecule has 0 atom stereocenters. The van der Waals surface area contributed by atoms with E-state index in [1.807, 2.05) is 18.4 Å². The maximum Gasteiger partial charge on any atom is 0.410 e. The Bertz CT molecular complexity index is 1310. The molecule has 1 N–H and O–H groups in total. The Labute approximate surface area is 226 Å². The zero-order chi connectivity index (χ0) is 27.4. The highest BCUT2D eigenvalue weighted by molar-refractivity contribution is 6.31. The Hall–Kier alpha value is -3.24. The second kappa shape index (κ2) is 12.1. The van der Waals surface area contributed by atoms with Crippen molar-refractivity contribution in [3.63, 3.8) is 0 Å². The fraction of sp³-hybridized carbons (Fsp3) is 0.481. The largest absolute Gasteiger partial charge is 0.447 e. The normalized spacial score (nSPS) is 14.3. The number of carbonyl (C=O) groups excluding carboxylic acids is 2. The molecule has 1 aromatic carbocycles. The molecule has 3 heterocycles. The van der Waals surface area contributed by atoms with Crippen LogP contribution in [0.4, 0.5) is 9.18 Å². The van der Waals surface area contributed by atoms with Crippen LogP contribution < -0.4 is 0 Å². The summed E-state index contributed by atoms with van der Waals surface area (Å²) in [5.74, 6) is -0.603. The number of likely N-dealkylation sites (tertiary alicyclic amines) is 1. The van der Waals surface area contributed by atoms with E-state index < -0.39 is 5.82 Å². The summed E-state index contributed by atoms with van der Waals surface area (Å²) in [7, 11) is 1.67. The molecule has 2 amide bonds. The number of nitrogens with zero attached hydrogens (tertiary/aromatic N) is 5. The smallest absolute Gasteiger partial charge is 0.410 e. The lowest BCUT2D eigenvalue weighted by molar-refractivity contribution is 0.0662. The van der Waals surface area contributed by atoms with E-state index >= 15 is 4.39 Å². The van der Waals surface area contributed by atoms with E-state index in [-0.39, 0.29) is 37.2 Å². The van der Waals surface area contributed by atoms with Crippen molar-refractivity contribution in [3.05, 3.63) is 58.4 Å². The van der Waals surface area contributed by atoms with Gasteiger partial charge in [0.15, 0.2) is 5.82 Å². The number of amides is 2. The monoisotopic (exact) mass is 545 g/mol. The molecule has 0 unspecified atom stereocenters. The first-order valence-corrected chi connectivity index (χ1v) is 13.2. The second-order valence-electron chi connectivity index (χ2n) is 9.84. The number of rotatable bonds is 8. The third-order valence-corrected chi connectivity index (χ3v) is 7.10. The van der Waals surface area contributed by atoms with E-state index in [4.69, 9.17) is 21.4 Å². The first-order valence-electron chi connectivity index (χ1n) is 12.8. The molecule has 11 heteroatoms. The van der Waals surface area contributed by atoms with Gasteiger partial charge in [-0.25, -0.2) is 19.2 Å². The van der Waals surface area contributed by atoms with Crippen LogP contribution in [0.2, 0.25) is 5.02 Å². The predicted molar refractivity (Wildman–Crippen MR) is 142 cm³/mol. The van der Waals surface area contributed by atoms with Crippen molar-refractivity contribution in [3.8, 4) is 0 Å². The van der Waals surface area contributed by atoms with E-state index in [9.17, 15) is 9.59 Å². The number of aliphatic hydroxyl groups is 1. The number of ether oxygens (including phenoxy) is 1. The van der Waals surface area contributed by atoms with Crippen molar-refractivity contribution in [2.75, 3.05) is 33.3 Å². The molecule has 9 nitrogen and oxygen atoms in total. The van der Waals surface area contributed by atoms with Crippen LogP contribution >= 0.6 is 11.6 Å². The highest BCUT2D eigenvalue weighted by Crippen LogP contribution is 2.31. The van der Waals surface area contributed by atoms with E-state index in [1.54, 1.807) is 30.1 Å². The summed E-state index contributed by atoms with van der Waals surface area (Å²) < 4.78 is 22.4. The van der Waals surface area contributed by atoms with Crippen LogP contribution in [0.25, 0.3) is 11.0 Å². The van der Waals surface area contributed by atoms with Crippen LogP contribution in [0.3, 0.4) is 0 Å². The van der Waals surface area contributed by atoms with E-state index in [0.29, 0.717) is 71.8 Å². The molecule has 0 spiro atoms. The number of aliphatic hydroxyl groups excluding tert-OH is 1. The quantitative estimate of drug-likeness (QED) is 0.449. The molecule has 0 bridgehead atoms. The van der Waals surface area contributed by atoms with Gasteiger partial charge >= 0.3 is 6.09 Å². The van der Waals surface area contributed by atoms with Gasteiger partial charge in [0.25, 0.3) is 5.91 Å². The Morgan fingerprint density at radius 2 is 2.00 bits per heavy atom. The number of carbonyl (C=O) groups is 2. The van der Waals surface area contributed by atoms with Gasteiger partial charge in [-0.15, -0.1) is 0 Å². The van der Waals surface area contributed by atoms with Crippen molar-refractivity contribution in [2.45, 2.75) is 51.7 Å². The van der Waals surface area contributed by atoms with Gasteiger partial charge in [0.2, 0.25) is 0 Å². The summed E-state index contributed by atoms with van der Waals surface area (Å²) in [6.07, 6.45) is 4.45. The van der Waals surface area contributed by atoms with Gasteiger partial charge in [-0.1, -0.05) is 17.7 Å². The average molecular weight is 546 g/mol. The van der Waals surface area contributed by atoms with Crippen molar-refractivity contribution in [2.24, 2.45) is 0 Å². The molecule has 4 rings (SSSR count). The van der Waals surface area contributed by atoms with Gasteiger partial charge in [-0.2, -0.15) is 0 Å². The van der Waals surface area contributed by atoms with E-state index in [2.05, 4.69) is 9.97 Å². The highest BCUT2D eigenvalue weighted by atomic mass is 35.5. The van der Waals surface area contributed by atoms with Gasteiger partial charge in [0.05, 0.1) is 17.2 Å². The third kappa shape index (κ3) is 6.07. The predicted octanol–water partition coefficient (Wildman–Crippen LogP) is 4.45. The Balaban J connectivity index is 1.52. The number of halogens is 2. The minimum absolute atomic E-state index is 0.00905. The first kappa shape index (κ1) is 27.8. The molecule has 2 aromatic heterocycles. The van der Waals surface area contributed by atoms with E-state index in [0.717, 1.165) is 0 Å². The molecule has 1 aliphatic rings. The summed E-state index contributed by atoms with van der Waals surface area (Å²) in [4.78, 5) is 36.8. The average Bonchev–Trinajstić information content (AvgIpc) is 3.24. The molecular formula is C27H33ClFN5O4. The Morgan fingerprint density at radius 3 is 2.66 bits per heavy atom. The lowest BCUT2D eigenvalue weighted by Gasteiger charge is -2.32. The van der Waals surface area contributed by atoms with Crippen LogP contribution in [-0.4, -0.2) is 80.8 Å². The van der Waals surface area contributed by atoms with Crippen molar-refractivity contribution >= 4 is 34.6 Å². The van der Waals surface area contributed by atoms with Gasteiger partial charge in [-0.05, 0) is 50.8 Å². The number of aromatic nitrogens is 3. The molecular weight excluding hydrogens is 513 g/mol. The standard InChI is InChI=1S/C27H33ClFN5O4/c1-17(2)38-27(37)33-10-7-20(8-11-33)34-15-22(29)24-23(30-16-31-25(24)34)14-18-5-6-19(13-21(18)28)26(36)32(3)9-4-12-35/h5-6,13,15-17,20,35H,4,7-12,14H2,1-3H3. The molecule has 0 radical (unpaired) electrons. The minimum atomic E-state index is -0.411. The minimum Gasteiger partial charge on any atom is -0.447 e. The number of fused-ring (bicyclic) bond motifs is 1. The van der Waals surface area contributed by atoms with E-state index in [1.165, 1.54) is 17.4 Å². The SMILES string of the molecule is CC(C)OC(=O)N1CCC(n2cc(F)c3c(Cc4ccc(C(=O)N(C)CCCO)cc4Cl)ncnc32)CC1. The summed E-state index contributed by atoms with van der Waals surface area (Å²) in [5, 5.41) is 9.73. The lowest BCUT2D eigenvalue weighted by Crippen LogP contribution is -2.40. The lowest BCUT2D eigenvalue weighted by atomic mass is 10.0. The number of piperidine rings is 1. The fourth-order valence-electron chi connectivity index (χ4n) is 4.75. The topological polar surface area (TPSA) is 101 Å². The van der Waals surface area contributed by atoms with Crippen LogP contribution in [0.1, 0.15) is 60.8 Å². The summed E-state index contributed by atoms with van der Waals surface area (Å²) in [6, 6.07) is 5.04.